The van der Waals surface area contributed by atoms with Crippen LogP contribution in [0.1, 0.15) is 16.1 Å². The Bertz CT molecular complexity index is 1130. The average molecular weight is 407 g/mol. The van der Waals surface area contributed by atoms with Crippen molar-refractivity contribution >= 4 is 28.7 Å². The zero-order valence-corrected chi connectivity index (χ0v) is 16.8. The number of nitrogens with zero attached hydrogens (tertiary/aromatic N) is 3. The van der Waals surface area contributed by atoms with E-state index in [1.807, 2.05) is 36.6 Å². The van der Waals surface area contributed by atoms with Gasteiger partial charge in [0.05, 0.1) is 42.0 Å². The molecule has 0 fully saturated rings. The highest BCUT2D eigenvalue weighted by Gasteiger charge is 2.20. The SMILES string of the molecule is COc1cc(/C=C(\C#N)c2nc(-c3ccc(C)cc3)cs2)c([N+](=O)[O-])cc1OC. The summed E-state index contributed by atoms with van der Waals surface area (Å²) in [6, 6.07) is 12.7. The van der Waals surface area contributed by atoms with Gasteiger partial charge in [-0.2, -0.15) is 5.26 Å². The standard InChI is InChI=1S/C21H17N3O4S/c1-13-4-6-14(7-5-13)17-12-29-21(23-17)16(11-22)8-15-9-19(27-2)20(28-3)10-18(15)24(25)26/h4-10,12H,1-3H3/b16-8+. The minimum atomic E-state index is -0.525. The van der Waals surface area contributed by atoms with Gasteiger partial charge in [-0.25, -0.2) is 4.98 Å². The minimum Gasteiger partial charge on any atom is -0.493 e. The molecule has 1 aromatic heterocycles. The van der Waals surface area contributed by atoms with Crippen LogP contribution < -0.4 is 9.47 Å². The van der Waals surface area contributed by atoms with E-state index in [0.29, 0.717) is 10.8 Å². The number of nitriles is 1. The first-order valence-corrected chi connectivity index (χ1v) is 9.40. The fraction of sp³-hybridized carbons (Fsp3) is 0.143. The summed E-state index contributed by atoms with van der Waals surface area (Å²) in [5.41, 5.74) is 3.09. The Labute approximate surface area is 171 Å². The van der Waals surface area contributed by atoms with Gasteiger partial charge in [-0.3, -0.25) is 10.1 Å². The van der Waals surface area contributed by atoms with Crippen LogP contribution in [0.5, 0.6) is 11.5 Å². The summed E-state index contributed by atoms with van der Waals surface area (Å²) < 4.78 is 10.4. The predicted octanol–water partition coefficient (Wildman–Crippen LogP) is 5.11. The Morgan fingerprint density at radius 2 is 1.86 bits per heavy atom. The molecule has 0 amide bonds. The van der Waals surface area contributed by atoms with E-state index in [4.69, 9.17) is 9.47 Å². The Morgan fingerprint density at radius 3 is 2.45 bits per heavy atom. The largest absolute Gasteiger partial charge is 0.493 e. The molecule has 0 spiro atoms. The first kappa shape index (κ1) is 20.0. The van der Waals surface area contributed by atoms with Crippen LogP contribution in [0.3, 0.4) is 0 Å². The van der Waals surface area contributed by atoms with E-state index in [1.54, 1.807) is 0 Å². The summed E-state index contributed by atoms with van der Waals surface area (Å²) in [6.07, 6.45) is 1.44. The lowest BCUT2D eigenvalue weighted by atomic mass is 10.1. The van der Waals surface area contributed by atoms with Gasteiger partial charge in [0.25, 0.3) is 5.69 Å². The fourth-order valence-electron chi connectivity index (χ4n) is 2.71. The summed E-state index contributed by atoms with van der Waals surface area (Å²) in [7, 11) is 2.84. The number of hydrogen-bond donors (Lipinski definition) is 0. The number of aryl methyl sites for hydroxylation is 1. The van der Waals surface area contributed by atoms with Crippen molar-refractivity contribution < 1.29 is 14.4 Å². The number of aromatic nitrogens is 1. The second kappa shape index (κ2) is 8.54. The van der Waals surface area contributed by atoms with Gasteiger partial charge in [-0.15, -0.1) is 11.3 Å². The van der Waals surface area contributed by atoms with Crippen LogP contribution in [0, 0.1) is 28.4 Å². The second-order valence-corrected chi connectivity index (χ2v) is 6.95. The number of thiazole rings is 1. The highest BCUT2D eigenvalue weighted by molar-refractivity contribution is 7.11. The lowest BCUT2D eigenvalue weighted by Crippen LogP contribution is -1.97. The summed E-state index contributed by atoms with van der Waals surface area (Å²) in [6.45, 7) is 2.00. The molecular weight excluding hydrogens is 390 g/mol. The van der Waals surface area contributed by atoms with Gasteiger partial charge in [0.2, 0.25) is 0 Å². The van der Waals surface area contributed by atoms with E-state index >= 15 is 0 Å². The van der Waals surface area contributed by atoms with Crippen LogP contribution in [-0.4, -0.2) is 24.1 Å². The van der Waals surface area contributed by atoms with Crippen molar-refractivity contribution in [1.29, 1.82) is 5.26 Å². The Morgan fingerprint density at radius 1 is 1.21 bits per heavy atom. The molecule has 3 rings (SSSR count). The third-order valence-electron chi connectivity index (χ3n) is 4.23. The molecule has 0 N–H and O–H groups in total. The maximum absolute atomic E-state index is 11.5. The summed E-state index contributed by atoms with van der Waals surface area (Å²) in [5, 5.41) is 23.5. The summed E-state index contributed by atoms with van der Waals surface area (Å²) in [4.78, 5) is 15.5. The first-order chi connectivity index (χ1) is 14.0. The van der Waals surface area contributed by atoms with Crippen LogP contribution in [0.4, 0.5) is 5.69 Å². The number of hydrogen-bond acceptors (Lipinski definition) is 7. The van der Waals surface area contributed by atoms with Crippen LogP contribution in [-0.2, 0) is 0 Å². The molecule has 7 nitrogen and oxygen atoms in total. The van der Waals surface area contributed by atoms with Crippen LogP contribution in [0.15, 0.2) is 41.8 Å². The highest BCUT2D eigenvalue weighted by Crippen LogP contribution is 2.37. The average Bonchev–Trinajstić information content (AvgIpc) is 3.21. The lowest BCUT2D eigenvalue weighted by molar-refractivity contribution is -0.385. The van der Waals surface area contributed by atoms with E-state index < -0.39 is 4.92 Å². The predicted molar refractivity (Wildman–Crippen MR) is 112 cm³/mol. The maximum atomic E-state index is 11.5. The van der Waals surface area contributed by atoms with Crippen LogP contribution >= 0.6 is 11.3 Å². The van der Waals surface area contributed by atoms with Crippen molar-refractivity contribution in [2.45, 2.75) is 6.92 Å². The van der Waals surface area contributed by atoms with Gasteiger partial charge in [0.1, 0.15) is 11.1 Å². The number of nitro groups is 1. The normalized spacial score (nSPS) is 11.0. The number of benzene rings is 2. The van der Waals surface area contributed by atoms with Gasteiger partial charge in [-0.1, -0.05) is 29.8 Å². The van der Waals surface area contributed by atoms with Crippen LogP contribution in [0.25, 0.3) is 22.9 Å². The molecule has 0 aliphatic carbocycles. The molecule has 146 valence electrons. The Kier molecular flexibility index (Phi) is 5.90. The molecule has 0 bridgehead atoms. The highest BCUT2D eigenvalue weighted by atomic mass is 32.1. The molecule has 0 saturated heterocycles. The molecule has 0 aliphatic rings. The number of rotatable bonds is 6. The first-order valence-electron chi connectivity index (χ1n) is 8.52. The number of methoxy groups -OCH3 is 2. The molecule has 0 atom stereocenters. The molecule has 0 unspecified atom stereocenters. The van der Waals surface area contributed by atoms with Gasteiger partial charge >= 0.3 is 0 Å². The molecule has 0 aliphatic heterocycles. The van der Waals surface area contributed by atoms with Gasteiger partial charge in [0, 0.05) is 10.9 Å². The smallest absolute Gasteiger partial charge is 0.280 e. The van der Waals surface area contributed by atoms with E-state index in [9.17, 15) is 15.4 Å². The number of allylic oxidation sites excluding steroid dienone is 1. The topological polar surface area (TPSA) is 98.3 Å². The quantitative estimate of drug-likeness (QED) is 0.320. The van der Waals surface area contributed by atoms with E-state index in [1.165, 1.54) is 43.8 Å². The van der Waals surface area contributed by atoms with Crippen molar-refractivity contribution in [1.82, 2.24) is 4.98 Å². The maximum Gasteiger partial charge on any atom is 0.280 e. The summed E-state index contributed by atoms with van der Waals surface area (Å²) in [5.74, 6) is 0.576. The number of ether oxygens (including phenoxy) is 2. The monoisotopic (exact) mass is 407 g/mol. The molecule has 1 heterocycles. The second-order valence-electron chi connectivity index (χ2n) is 6.10. The third kappa shape index (κ3) is 4.25. The van der Waals surface area contributed by atoms with E-state index in [0.717, 1.165) is 16.8 Å². The molecule has 3 aromatic rings. The van der Waals surface area contributed by atoms with Crippen molar-refractivity contribution in [3.05, 3.63) is 68.0 Å². The molecular formula is C21H17N3O4S. The van der Waals surface area contributed by atoms with Gasteiger partial charge < -0.3 is 9.47 Å². The Hall–Kier alpha value is -3.70. The molecule has 2 aromatic carbocycles. The molecule has 29 heavy (non-hydrogen) atoms. The van der Waals surface area contributed by atoms with E-state index in [-0.39, 0.29) is 22.6 Å². The number of nitro benzene ring substituents is 1. The zero-order chi connectivity index (χ0) is 21.0. The van der Waals surface area contributed by atoms with Crippen molar-refractivity contribution in [3.8, 4) is 28.8 Å². The fourth-order valence-corrected chi connectivity index (χ4v) is 3.50. The van der Waals surface area contributed by atoms with Crippen molar-refractivity contribution in [2.75, 3.05) is 14.2 Å². The van der Waals surface area contributed by atoms with Crippen LogP contribution in [0.2, 0.25) is 0 Å². The molecule has 0 saturated carbocycles. The van der Waals surface area contributed by atoms with Gasteiger partial charge in [0.15, 0.2) is 11.5 Å². The van der Waals surface area contributed by atoms with Crippen molar-refractivity contribution in [2.24, 2.45) is 0 Å². The van der Waals surface area contributed by atoms with Crippen molar-refractivity contribution in [3.63, 3.8) is 0 Å². The molecule has 8 heteroatoms. The van der Waals surface area contributed by atoms with E-state index in [2.05, 4.69) is 11.1 Å². The zero-order valence-electron chi connectivity index (χ0n) is 16.0. The third-order valence-corrected chi connectivity index (χ3v) is 5.11. The minimum absolute atomic E-state index is 0.189. The summed E-state index contributed by atoms with van der Waals surface area (Å²) >= 11 is 1.30. The Balaban J connectivity index is 2.06. The lowest BCUT2D eigenvalue weighted by Gasteiger charge is -2.09. The molecule has 0 radical (unpaired) electrons. The van der Waals surface area contributed by atoms with Gasteiger partial charge in [-0.05, 0) is 19.1 Å².